The average Bonchev–Trinajstić information content (AvgIpc) is 2.73. The molecule has 0 aliphatic carbocycles. The second-order valence-corrected chi connectivity index (χ2v) is 8.00. The summed E-state index contributed by atoms with van der Waals surface area (Å²) in [6.45, 7) is 5.69. The molecule has 0 saturated carbocycles. The summed E-state index contributed by atoms with van der Waals surface area (Å²) in [5.41, 5.74) is 15.1. The van der Waals surface area contributed by atoms with Crippen molar-refractivity contribution in [2.45, 2.75) is 33.1 Å². The number of hydrogen-bond acceptors (Lipinski definition) is 4. The third-order valence-corrected chi connectivity index (χ3v) is 5.30. The molecule has 31 heavy (non-hydrogen) atoms. The van der Waals surface area contributed by atoms with Gasteiger partial charge in [0.1, 0.15) is 5.82 Å². The van der Waals surface area contributed by atoms with Gasteiger partial charge in [0.05, 0.1) is 5.52 Å². The van der Waals surface area contributed by atoms with Gasteiger partial charge in [0.25, 0.3) is 0 Å². The molecule has 0 aliphatic rings. The molecule has 0 aliphatic heterocycles. The standard InChI is InChI=1S/C24H29ClN6/c1-16-14-20-21(15-17(16)2)30-22(11-8-18-6-9-19(25)10-7-18)31-23(20)28-12-4-3-5-13-29-24(26)27/h6-11,14-15H,3-5,12-13H2,1-2H3,(H4,26,27,29)(H,28,30,31). The summed E-state index contributed by atoms with van der Waals surface area (Å²) in [5.74, 6) is 1.67. The molecule has 0 spiro atoms. The zero-order valence-electron chi connectivity index (χ0n) is 18.0. The van der Waals surface area contributed by atoms with Gasteiger partial charge >= 0.3 is 0 Å². The summed E-state index contributed by atoms with van der Waals surface area (Å²) in [7, 11) is 0. The Balaban J connectivity index is 1.76. The maximum Gasteiger partial charge on any atom is 0.185 e. The number of aryl methyl sites for hydroxylation is 2. The van der Waals surface area contributed by atoms with E-state index in [-0.39, 0.29) is 5.96 Å². The number of guanidine groups is 1. The molecule has 3 rings (SSSR count). The number of fused-ring (bicyclic) bond motifs is 1. The van der Waals surface area contributed by atoms with Gasteiger partial charge in [-0.1, -0.05) is 29.8 Å². The summed E-state index contributed by atoms with van der Waals surface area (Å²) >= 11 is 5.97. The Bertz CT molecular complexity index is 1090. The van der Waals surface area contributed by atoms with E-state index in [0.717, 1.165) is 53.1 Å². The van der Waals surface area contributed by atoms with Crippen LogP contribution in [-0.2, 0) is 0 Å². The van der Waals surface area contributed by atoms with Gasteiger partial charge in [-0.2, -0.15) is 0 Å². The Labute approximate surface area is 188 Å². The van der Waals surface area contributed by atoms with Gasteiger partial charge in [0, 0.05) is 23.5 Å². The van der Waals surface area contributed by atoms with E-state index >= 15 is 0 Å². The molecule has 0 amide bonds. The number of aromatic nitrogens is 2. The van der Waals surface area contributed by atoms with Crippen LogP contribution in [0.3, 0.4) is 0 Å². The van der Waals surface area contributed by atoms with Crippen LogP contribution in [-0.4, -0.2) is 29.0 Å². The predicted octanol–water partition coefficient (Wildman–Crippen LogP) is 4.93. The first kappa shape index (κ1) is 22.6. The number of aliphatic imine (C=N–C) groups is 1. The third kappa shape index (κ3) is 6.69. The fourth-order valence-corrected chi connectivity index (χ4v) is 3.31. The average molecular weight is 437 g/mol. The molecule has 0 unspecified atom stereocenters. The molecule has 7 heteroatoms. The lowest BCUT2D eigenvalue weighted by molar-refractivity contribution is 0.706. The fourth-order valence-electron chi connectivity index (χ4n) is 3.19. The number of nitrogens with one attached hydrogen (secondary N) is 1. The highest BCUT2D eigenvalue weighted by Gasteiger charge is 2.08. The van der Waals surface area contributed by atoms with Crippen molar-refractivity contribution in [2.75, 3.05) is 18.4 Å². The molecule has 1 heterocycles. The molecule has 0 atom stereocenters. The van der Waals surface area contributed by atoms with E-state index in [2.05, 4.69) is 36.3 Å². The van der Waals surface area contributed by atoms with E-state index in [4.69, 9.17) is 33.0 Å². The van der Waals surface area contributed by atoms with Crippen molar-refractivity contribution >= 4 is 46.4 Å². The Morgan fingerprint density at radius 2 is 1.74 bits per heavy atom. The molecule has 3 aromatic rings. The lowest BCUT2D eigenvalue weighted by atomic mass is 10.1. The van der Waals surface area contributed by atoms with Crippen LogP contribution in [0.15, 0.2) is 41.4 Å². The quantitative estimate of drug-likeness (QED) is 0.251. The number of rotatable bonds is 9. The molecule has 2 aromatic carbocycles. The van der Waals surface area contributed by atoms with Gasteiger partial charge < -0.3 is 16.8 Å². The molecule has 0 saturated heterocycles. The van der Waals surface area contributed by atoms with Crippen LogP contribution in [0.1, 0.15) is 41.8 Å². The Morgan fingerprint density at radius 1 is 1.00 bits per heavy atom. The zero-order valence-corrected chi connectivity index (χ0v) is 18.8. The molecule has 6 nitrogen and oxygen atoms in total. The molecule has 1 aromatic heterocycles. The number of nitrogens with zero attached hydrogens (tertiary/aromatic N) is 3. The monoisotopic (exact) mass is 436 g/mol. The lowest BCUT2D eigenvalue weighted by Gasteiger charge is -2.11. The van der Waals surface area contributed by atoms with Gasteiger partial charge in [-0.05, 0) is 80.1 Å². The highest BCUT2D eigenvalue weighted by Crippen LogP contribution is 2.25. The molecule has 0 radical (unpaired) electrons. The first-order chi connectivity index (χ1) is 14.9. The van der Waals surface area contributed by atoms with E-state index in [1.807, 2.05) is 36.4 Å². The molecule has 162 valence electrons. The number of benzene rings is 2. The highest BCUT2D eigenvalue weighted by molar-refractivity contribution is 6.30. The van der Waals surface area contributed by atoms with Crippen LogP contribution < -0.4 is 16.8 Å². The van der Waals surface area contributed by atoms with E-state index in [9.17, 15) is 0 Å². The Kier molecular flexibility index (Phi) is 7.84. The van der Waals surface area contributed by atoms with Crippen LogP contribution in [0, 0.1) is 13.8 Å². The van der Waals surface area contributed by atoms with Crippen LogP contribution >= 0.6 is 11.6 Å². The van der Waals surface area contributed by atoms with Crippen LogP contribution in [0.2, 0.25) is 5.02 Å². The summed E-state index contributed by atoms with van der Waals surface area (Å²) < 4.78 is 0. The van der Waals surface area contributed by atoms with Crippen molar-refractivity contribution < 1.29 is 0 Å². The number of hydrogen-bond donors (Lipinski definition) is 3. The maximum absolute atomic E-state index is 5.97. The molecular formula is C24H29ClN6. The van der Waals surface area contributed by atoms with Gasteiger partial charge in [-0.15, -0.1) is 0 Å². The topological polar surface area (TPSA) is 102 Å². The first-order valence-electron chi connectivity index (χ1n) is 10.4. The summed E-state index contributed by atoms with van der Waals surface area (Å²) in [5, 5.41) is 5.24. The van der Waals surface area contributed by atoms with Gasteiger partial charge in [0.15, 0.2) is 11.8 Å². The first-order valence-corrected chi connectivity index (χ1v) is 10.8. The molecular weight excluding hydrogens is 408 g/mol. The van der Waals surface area contributed by atoms with E-state index in [1.165, 1.54) is 11.1 Å². The number of nitrogens with two attached hydrogens (primary N) is 2. The van der Waals surface area contributed by atoms with Crippen molar-refractivity contribution in [1.29, 1.82) is 0 Å². The summed E-state index contributed by atoms with van der Waals surface area (Å²) in [4.78, 5) is 13.5. The minimum atomic E-state index is 0.149. The maximum atomic E-state index is 5.97. The normalized spacial score (nSPS) is 11.2. The van der Waals surface area contributed by atoms with E-state index in [0.29, 0.717) is 12.4 Å². The minimum Gasteiger partial charge on any atom is -0.370 e. The number of unbranched alkanes of at least 4 members (excludes halogenated alkanes) is 2. The third-order valence-electron chi connectivity index (χ3n) is 5.05. The Hall–Kier alpha value is -3.12. The number of halogens is 1. The smallest absolute Gasteiger partial charge is 0.185 e. The highest BCUT2D eigenvalue weighted by atomic mass is 35.5. The van der Waals surface area contributed by atoms with Crippen LogP contribution in [0.25, 0.3) is 23.1 Å². The lowest BCUT2D eigenvalue weighted by Crippen LogP contribution is -2.22. The second kappa shape index (κ2) is 10.8. The van der Waals surface area contributed by atoms with Crippen LogP contribution in [0.4, 0.5) is 5.82 Å². The van der Waals surface area contributed by atoms with Gasteiger partial charge in [-0.25, -0.2) is 9.97 Å². The largest absolute Gasteiger partial charge is 0.370 e. The number of anilines is 1. The van der Waals surface area contributed by atoms with Crippen molar-refractivity contribution in [3.63, 3.8) is 0 Å². The Morgan fingerprint density at radius 3 is 2.48 bits per heavy atom. The zero-order chi connectivity index (χ0) is 22.2. The van der Waals surface area contributed by atoms with E-state index in [1.54, 1.807) is 0 Å². The van der Waals surface area contributed by atoms with Crippen molar-refractivity contribution in [1.82, 2.24) is 9.97 Å². The minimum absolute atomic E-state index is 0.149. The predicted molar refractivity (Wildman–Crippen MR) is 132 cm³/mol. The van der Waals surface area contributed by atoms with Gasteiger partial charge in [0.2, 0.25) is 0 Å². The molecule has 0 bridgehead atoms. The second-order valence-electron chi connectivity index (χ2n) is 7.56. The van der Waals surface area contributed by atoms with E-state index < -0.39 is 0 Å². The van der Waals surface area contributed by atoms with Crippen molar-refractivity contribution in [3.8, 4) is 0 Å². The summed E-state index contributed by atoms with van der Waals surface area (Å²) in [6.07, 6.45) is 6.92. The van der Waals surface area contributed by atoms with Crippen LogP contribution in [0.5, 0.6) is 0 Å². The molecule has 5 N–H and O–H groups in total. The molecule has 0 fully saturated rings. The van der Waals surface area contributed by atoms with Crippen molar-refractivity contribution in [3.05, 3.63) is 63.9 Å². The van der Waals surface area contributed by atoms with Gasteiger partial charge in [-0.3, -0.25) is 4.99 Å². The summed E-state index contributed by atoms with van der Waals surface area (Å²) in [6, 6.07) is 11.9. The SMILES string of the molecule is Cc1cc2nc(C=Cc3ccc(Cl)cc3)nc(NCCCCCN=C(N)N)c2cc1C. The fraction of sp³-hybridized carbons (Fsp3) is 0.292. The van der Waals surface area contributed by atoms with Crippen molar-refractivity contribution in [2.24, 2.45) is 16.5 Å².